The number of piperidine rings is 1. The molecular weight excluding hydrogens is 363 g/mol. The van der Waals surface area contributed by atoms with Crippen molar-refractivity contribution < 1.29 is 27.9 Å². The molecule has 156 valence electrons. The van der Waals surface area contributed by atoms with Crippen LogP contribution in [0.3, 0.4) is 0 Å². The smallest absolute Gasteiger partial charge is 0.394 e. The van der Waals surface area contributed by atoms with Crippen LogP contribution in [0.1, 0.15) is 34.1 Å². The van der Waals surface area contributed by atoms with E-state index in [0.717, 1.165) is 24.4 Å². The molecule has 0 aliphatic carbocycles. The largest absolute Gasteiger partial charge is 0.481 e. The Kier molecular flexibility index (Phi) is 6.33. The molecule has 0 aromatic heterocycles. The third-order valence-corrected chi connectivity index (χ3v) is 5.74. The summed E-state index contributed by atoms with van der Waals surface area (Å²) >= 11 is 0. The molecule has 2 heterocycles. The van der Waals surface area contributed by atoms with Crippen LogP contribution in [-0.2, 0) is 4.79 Å². The molecule has 9 heteroatoms. The lowest BCUT2D eigenvalue weighted by atomic mass is 9.88. The van der Waals surface area contributed by atoms with Crippen LogP contribution in [0.15, 0.2) is 0 Å². The standard InChI is InChI=1S/C18H30F3N3O3/c1-11-5-12(2)7-24(6-11)17(3,4)10-22-16(27)23-8-13(15(25)26)14(9-23)18(19,20)21/h11-14H,5-10H2,1-4H3,(H,22,27)(H,25,26)/t11?,12?,13-,14-/m1/s1. The predicted octanol–water partition coefficient (Wildman–Crippen LogP) is 2.65. The molecule has 0 saturated carbocycles. The minimum atomic E-state index is -4.64. The third kappa shape index (κ3) is 5.27. The van der Waals surface area contributed by atoms with E-state index in [2.05, 4.69) is 24.1 Å². The van der Waals surface area contributed by atoms with Crippen LogP contribution in [0.5, 0.6) is 0 Å². The van der Waals surface area contributed by atoms with Gasteiger partial charge in [-0.15, -0.1) is 0 Å². The maximum atomic E-state index is 13.1. The minimum absolute atomic E-state index is 0.288. The Morgan fingerprint density at radius 2 is 1.63 bits per heavy atom. The summed E-state index contributed by atoms with van der Waals surface area (Å²) in [4.78, 5) is 26.8. The lowest BCUT2D eigenvalue weighted by Gasteiger charge is -2.45. The number of amides is 2. The number of urea groups is 1. The first-order valence-electron chi connectivity index (χ1n) is 9.38. The van der Waals surface area contributed by atoms with E-state index in [1.165, 1.54) is 0 Å². The molecule has 0 bridgehead atoms. The molecule has 2 N–H and O–H groups in total. The molecular formula is C18H30F3N3O3. The van der Waals surface area contributed by atoms with Gasteiger partial charge in [-0.05, 0) is 32.1 Å². The molecule has 2 aliphatic heterocycles. The summed E-state index contributed by atoms with van der Waals surface area (Å²) in [5.74, 6) is -4.08. The van der Waals surface area contributed by atoms with Gasteiger partial charge in [0.05, 0.1) is 11.8 Å². The zero-order chi connectivity index (χ0) is 20.6. The van der Waals surface area contributed by atoms with Crippen molar-refractivity contribution in [1.29, 1.82) is 0 Å². The van der Waals surface area contributed by atoms with Crippen molar-refractivity contribution in [2.75, 3.05) is 32.7 Å². The molecule has 2 rings (SSSR count). The van der Waals surface area contributed by atoms with Gasteiger partial charge in [0.15, 0.2) is 0 Å². The molecule has 4 atom stereocenters. The Labute approximate surface area is 158 Å². The number of nitrogens with zero attached hydrogens (tertiary/aromatic N) is 2. The number of rotatable bonds is 4. The fraction of sp³-hybridized carbons (Fsp3) is 0.889. The van der Waals surface area contributed by atoms with E-state index >= 15 is 0 Å². The summed E-state index contributed by atoms with van der Waals surface area (Å²) in [5.41, 5.74) is -0.339. The van der Waals surface area contributed by atoms with Gasteiger partial charge in [-0.2, -0.15) is 13.2 Å². The molecule has 0 aromatic rings. The number of hydrogen-bond acceptors (Lipinski definition) is 3. The SMILES string of the molecule is CC1CC(C)CN(C(C)(C)CNC(=O)N2C[C@@H](C(F)(F)F)[C@H](C(=O)O)C2)C1. The third-order valence-electron chi connectivity index (χ3n) is 5.74. The Morgan fingerprint density at radius 3 is 2.07 bits per heavy atom. The second-order valence-electron chi connectivity index (χ2n) is 8.82. The van der Waals surface area contributed by atoms with Crippen LogP contribution in [0.2, 0.25) is 0 Å². The molecule has 2 fully saturated rings. The fourth-order valence-corrected chi connectivity index (χ4v) is 4.22. The summed E-state index contributed by atoms with van der Waals surface area (Å²) in [6, 6.07) is -0.640. The monoisotopic (exact) mass is 393 g/mol. The average Bonchev–Trinajstić information content (AvgIpc) is 2.97. The van der Waals surface area contributed by atoms with E-state index in [4.69, 9.17) is 5.11 Å². The van der Waals surface area contributed by atoms with Crippen LogP contribution in [-0.4, -0.2) is 71.3 Å². The van der Waals surface area contributed by atoms with Crippen LogP contribution in [0.4, 0.5) is 18.0 Å². The lowest BCUT2D eigenvalue weighted by molar-refractivity contribution is -0.187. The number of carboxylic acids is 1. The molecule has 0 aromatic carbocycles. The average molecular weight is 393 g/mol. The van der Waals surface area contributed by atoms with E-state index < -0.39 is 43.1 Å². The summed E-state index contributed by atoms with van der Waals surface area (Å²) in [6.45, 7) is 9.43. The molecule has 2 saturated heterocycles. The number of carbonyl (C=O) groups is 2. The zero-order valence-corrected chi connectivity index (χ0v) is 16.3. The summed E-state index contributed by atoms with van der Waals surface area (Å²) in [6.07, 6.45) is -3.49. The Hall–Kier alpha value is -1.51. The van der Waals surface area contributed by atoms with Crippen molar-refractivity contribution in [3.05, 3.63) is 0 Å². The number of carboxylic acid groups (broad SMARTS) is 1. The summed E-state index contributed by atoms with van der Waals surface area (Å²) in [5, 5.41) is 11.8. The molecule has 0 spiro atoms. The fourth-order valence-electron chi connectivity index (χ4n) is 4.22. The topological polar surface area (TPSA) is 72.9 Å². The number of nitrogens with one attached hydrogen (secondary N) is 1. The van der Waals surface area contributed by atoms with Gasteiger partial charge in [0, 0.05) is 38.3 Å². The first-order valence-corrected chi connectivity index (χ1v) is 9.38. The highest BCUT2D eigenvalue weighted by molar-refractivity contribution is 5.77. The van der Waals surface area contributed by atoms with Crippen molar-refractivity contribution in [3.8, 4) is 0 Å². The number of aliphatic carboxylic acids is 1. The molecule has 2 amide bonds. The van der Waals surface area contributed by atoms with Gasteiger partial charge in [-0.3, -0.25) is 9.69 Å². The van der Waals surface area contributed by atoms with Crippen molar-refractivity contribution in [2.45, 2.75) is 45.8 Å². The highest BCUT2D eigenvalue weighted by Gasteiger charge is 2.53. The predicted molar refractivity (Wildman–Crippen MR) is 94.2 cm³/mol. The maximum Gasteiger partial charge on any atom is 0.394 e. The minimum Gasteiger partial charge on any atom is -0.481 e. The summed E-state index contributed by atoms with van der Waals surface area (Å²) in [7, 11) is 0. The zero-order valence-electron chi connectivity index (χ0n) is 16.3. The number of likely N-dealkylation sites (tertiary alicyclic amines) is 2. The van der Waals surface area contributed by atoms with Gasteiger partial charge >= 0.3 is 18.2 Å². The Morgan fingerprint density at radius 1 is 1.07 bits per heavy atom. The first-order chi connectivity index (χ1) is 12.3. The first kappa shape index (κ1) is 21.8. The number of carbonyl (C=O) groups excluding carboxylic acids is 1. The van der Waals surface area contributed by atoms with Gasteiger partial charge in [-0.1, -0.05) is 13.8 Å². The van der Waals surface area contributed by atoms with Crippen molar-refractivity contribution in [1.82, 2.24) is 15.1 Å². The normalized spacial score (nSPS) is 30.4. The van der Waals surface area contributed by atoms with E-state index in [1.54, 1.807) is 0 Å². The Balaban J connectivity index is 1.96. The van der Waals surface area contributed by atoms with Crippen LogP contribution < -0.4 is 5.32 Å². The van der Waals surface area contributed by atoms with Gasteiger partial charge in [-0.25, -0.2) is 4.79 Å². The van der Waals surface area contributed by atoms with Crippen LogP contribution >= 0.6 is 0 Å². The van der Waals surface area contributed by atoms with E-state index in [-0.39, 0.29) is 12.1 Å². The van der Waals surface area contributed by atoms with Crippen molar-refractivity contribution in [2.24, 2.45) is 23.7 Å². The molecule has 6 nitrogen and oxygen atoms in total. The van der Waals surface area contributed by atoms with Crippen molar-refractivity contribution in [3.63, 3.8) is 0 Å². The van der Waals surface area contributed by atoms with E-state index in [0.29, 0.717) is 11.8 Å². The lowest BCUT2D eigenvalue weighted by Crippen LogP contribution is -2.57. The maximum absolute atomic E-state index is 13.1. The van der Waals surface area contributed by atoms with E-state index in [1.807, 2.05) is 13.8 Å². The number of halogens is 3. The highest BCUT2D eigenvalue weighted by atomic mass is 19.4. The Bertz CT molecular complexity index is 558. The highest BCUT2D eigenvalue weighted by Crippen LogP contribution is 2.37. The van der Waals surface area contributed by atoms with Crippen LogP contribution in [0.25, 0.3) is 0 Å². The number of hydrogen-bond donors (Lipinski definition) is 2. The van der Waals surface area contributed by atoms with Gasteiger partial charge in [0.1, 0.15) is 0 Å². The quantitative estimate of drug-likeness (QED) is 0.770. The molecule has 2 unspecified atom stereocenters. The second kappa shape index (κ2) is 7.85. The summed E-state index contributed by atoms with van der Waals surface area (Å²) < 4.78 is 39.2. The van der Waals surface area contributed by atoms with Gasteiger partial charge in [0.2, 0.25) is 0 Å². The molecule has 2 aliphatic rings. The van der Waals surface area contributed by atoms with Crippen molar-refractivity contribution >= 4 is 12.0 Å². The van der Waals surface area contributed by atoms with Gasteiger partial charge in [0.25, 0.3) is 0 Å². The number of alkyl halides is 3. The van der Waals surface area contributed by atoms with Gasteiger partial charge < -0.3 is 15.3 Å². The van der Waals surface area contributed by atoms with E-state index in [9.17, 15) is 22.8 Å². The molecule has 27 heavy (non-hydrogen) atoms. The van der Waals surface area contributed by atoms with Crippen LogP contribution in [0, 0.1) is 23.7 Å². The molecule has 0 radical (unpaired) electrons. The second-order valence-corrected chi connectivity index (χ2v) is 8.82.